The lowest BCUT2D eigenvalue weighted by molar-refractivity contribution is -0.930. The van der Waals surface area contributed by atoms with Gasteiger partial charge in [-0.15, -0.1) is 11.3 Å². The molecule has 1 aromatic heterocycles. The Labute approximate surface area is 143 Å². The fourth-order valence-electron chi connectivity index (χ4n) is 3.64. The molecule has 0 saturated carbocycles. The van der Waals surface area contributed by atoms with E-state index in [-0.39, 0.29) is 0 Å². The highest BCUT2D eigenvalue weighted by molar-refractivity contribution is 7.18. The maximum Gasteiger partial charge on any atom is 0.0916 e. The van der Waals surface area contributed by atoms with Crippen molar-refractivity contribution >= 4 is 21.6 Å². The lowest BCUT2D eigenvalue weighted by Crippen LogP contribution is -2.60. The number of hydrogen-bond donors (Lipinski definition) is 1. The number of nitrogens with two attached hydrogens (primary N) is 1. The lowest BCUT2D eigenvalue weighted by Gasteiger charge is -2.44. The van der Waals surface area contributed by atoms with Crippen molar-refractivity contribution in [3.05, 3.63) is 28.8 Å². The molecule has 2 heterocycles. The van der Waals surface area contributed by atoms with Crippen LogP contribution in [0.25, 0.3) is 10.2 Å². The van der Waals surface area contributed by atoms with Crippen LogP contribution in [0.5, 0.6) is 0 Å². The predicted octanol–water partition coefficient (Wildman–Crippen LogP) is 2.26. The summed E-state index contributed by atoms with van der Waals surface area (Å²) < 4.78 is 2.55. The summed E-state index contributed by atoms with van der Waals surface area (Å²) in [4.78, 5) is 7.14. The third-order valence-corrected chi connectivity index (χ3v) is 6.28. The van der Waals surface area contributed by atoms with Crippen LogP contribution in [0.3, 0.4) is 0 Å². The van der Waals surface area contributed by atoms with E-state index in [2.05, 4.69) is 41.9 Å². The van der Waals surface area contributed by atoms with Gasteiger partial charge in [0.2, 0.25) is 0 Å². The summed E-state index contributed by atoms with van der Waals surface area (Å²) in [5.74, 6) is 0. The molecule has 126 valence electrons. The minimum Gasteiger partial charge on any atom is -0.329 e. The van der Waals surface area contributed by atoms with E-state index in [1.54, 1.807) is 11.3 Å². The second-order valence-electron chi connectivity index (χ2n) is 6.74. The zero-order valence-electron chi connectivity index (χ0n) is 14.4. The number of rotatable bonds is 6. The van der Waals surface area contributed by atoms with Crippen molar-refractivity contribution in [2.45, 2.75) is 20.3 Å². The Morgan fingerprint density at radius 3 is 2.78 bits per heavy atom. The Hall–Kier alpha value is -1.01. The number of benzene rings is 1. The number of quaternary nitrogens is 1. The minimum absolute atomic E-state index is 0.777. The Kier molecular flexibility index (Phi) is 5.31. The Morgan fingerprint density at radius 1 is 1.30 bits per heavy atom. The van der Waals surface area contributed by atoms with E-state index in [1.807, 2.05) is 0 Å². The van der Waals surface area contributed by atoms with Crippen molar-refractivity contribution in [3.8, 4) is 0 Å². The molecule has 3 rings (SSSR count). The van der Waals surface area contributed by atoms with Crippen molar-refractivity contribution in [1.29, 1.82) is 0 Å². The average Bonchev–Trinajstić information content (AvgIpc) is 2.94. The molecule has 0 aliphatic carbocycles. The molecule has 0 amide bonds. The zero-order valence-corrected chi connectivity index (χ0v) is 15.2. The van der Waals surface area contributed by atoms with Gasteiger partial charge in [0, 0.05) is 32.6 Å². The van der Waals surface area contributed by atoms with Gasteiger partial charge in [0.15, 0.2) is 0 Å². The minimum atomic E-state index is 0.777. The van der Waals surface area contributed by atoms with Crippen LogP contribution in [0, 0.1) is 6.92 Å². The molecular weight excluding hydrogens is 304 g/mol. The standard InChI is InChI=1S/C18H29N4S/c1-3-22(12-9-21(8-7-19)10-13-22)11-6-16-4-5-18-17(14-16)20-15(2)23-18/h4-5,14H,3,6-13,19H2,1-2H3/q+1. The highest BCUT2D eigenvalue weighted by Gasteiger charge is 2.30. The van der Waals surface area contributed by atoms with Crippen LogP contribution in [0.4, 0.5) is 0 Å². The monoisotopic (exact) mass is 333 g/mol. The smallest absolute Gasteiger partial charge is 0.0916 e. The number of piperazine rings is 1. The largest absolute Gasteiger partial charge is 0.329 e. The molecule has 5 heteroatoms. The quantitative estimate of drug-likeness (QED) is 0.825. The number of likely N-dealkylation sites (N-methyl/N-ethyl adjacent to an activating group) is 1. The Balaban J connectivity index is 1.62. The molecule has 1 aliphatic rings. The van der Waals surface area contributed by atoms with E-state index in [9.17, 15) is 0 Å². The molecule has 4 nitrogen and oxygen atoms in total. The predicted molar refractivity (Wildman–Crippen MR) is 99.0 cm³/mol. The van der Waals surface area contributed by atoms with Gasteiger partial charge in [0.05, 0.1) is 41.4 Å². The van der Waals surface area contributed by atoms with Crippen molar-refractivity contribution in [2.24, 2.45) is 5.73 Å². The first-order valence-corrected chi connectivity index (χ1v) is 9.59. The van der Waals surface area contributed by atoms with Crippen molar-refractivity contribution in [2.75, 3.05) is 52.4 Å². The number of thiazole rings is 1. The normalized spacial score (nSPS) is 18.6. The molecule has 2 N–H and O–H groups in total. The van der Waals surface area contributed by atoms with Gasteiger partial charge < -0.3 is 10.2 Å². The van der Waals surface area contributed by atoms with E-state index >= 15 is 0 Å². The Bertz CT molecular complexity index is 644. The molecule has 1 aromatic carbocycles. The van der Waals surface area contributed by atoms with Crippen molar-refractivity contribution in [1.82, 2.24) is 9.88 Å². The molecule has 23 heavy (non-hydrogen) atoms. The van der Waals surface area contributed by atoms with Crippen LogP contribution in [-0.4, -0.2) is 66.7 Å². The zero-order chi connectivity index (χ0) is 16.3. The Morgan fingerprint density at radius 2 is 2.09 bits per heavy atom. The van der Waals surface area contributed by atoms with E-state index < -0.39 is 0 Å². The van der Waals surface area contributed by atoms with E-state index in [0.717, 1.165) is 24.5 Å². The first-order valence-electron chi connectivity index (χ1n) is 8.78. The highest BCUT2D eigenvalue weighted by atomic mass is 32.1. The molecule has 1 aliphatic heterocycles. The van der Waals surface area contributed by atoms with Gasteiger partial charge >= 0.3 is 0 Å². The van der Waals surface area contributed by atoms with Crippen LogP contribution in [0.15, 0.2) is 18.2 Å². The SMILES string of the molecule is CC[N+]1(CCc2ccc3sc(C)nc3c2)CCN(CCN)CC1. The molecule has 2 aromatic rings. The summed E-state index contributed by atoms with van der Waals surface area (Å²) >= 11 is 1.78. The fourth-order valence-corrected chi connectivity index (χ4v) is 4.45. The van der Waals surface area contributed by atoms with E-state index in [1.165, 1.54) is 59.5 Å². The molecule has 0 atom stereocenters. The summed E-state index contributed by atoms with van der Waals surface area (Å²) in [5.41, 5.74) is 8.29. The first kappa shape index (κ1) is 16.8. The van der Waals surface area contributed by atoms with Crippen LogP contribution in [0.1, 0.15) is 17.5 Å². The fraction of sp³-hybridized carbons (Fsp3) is 0.611. The van der Waals surface area contributed by atoms with Gasteiger partial charge in [-0.25, -0.2) is 4.98 Å². The molecular formula is C18H29N4S+. The summed E-state index contributed by atoms with van der Waals surface area (Å²) in [6, 6.07) is 6.82. The molecule has 0 radical (unpaired) electrons. The van der Waals surface area contributed by atoms with E-state index in [4.69, 9.17) is 5.73 Å². The van der Waals surface area contributed by atoms with Crippen LogP contribution in [-0.2, 0) is 6.42 Å². The maximum absolute atomic E-state index is 5.69. The molecule has 0 spiro atoms. The van der Waals surface area contributed by atoms with Crippen molar-refractivity contribution in [3.63, 3.8) is 0 Å². The molecule has 0 unspecified atom stereocenters. The van der Waals surface area contributed by atoms with Gasteiger partial charge in [-0.2, -0.15) is 0 Å². The summed E-state index contributed by atoms with van der Waals surface area (Å²) in [5, 5.41) is 1.16. The second kappa shape index (κ2) is 7.26. The maximum atomic E-state index is 5.69. The molecule has 0 bridgehead atoms. The van der Waals surface area contributed by atoms with E-state index in [0.29, 0.717) is 0 Å². The van der Waals surface area contributed by atoms with Gasteiger partial charge in [-0.05, 0) is 31.5 Å². The van der Waals surface area contributed by atoms with Gasteiger partial charge in [0.1, 0.15) is 0 Å². The van der Waals surface area contributed by atoms with Gasteiger partial charge in [0.25, 0.3) is 0 Å². The highest BCUT2D eigenvalue weighted by Crippen LogP contribution is 2.23. The van der Waals surface area contributed by atoms with Crippen molar-refractivity contribution < 1.29 is 4.48 Å². The summed E-state index contributed by atoms with van der Waals surface area (Å²) in [6.45, 7) is 13.6. The average molecular weight is 334 g/mol. The third-order valence-electron chi connectivity index (χ3n) is 5.33. The number of aryl methyl sites for hydroxylation is 1. The lowest BCUT2D eigenvalue weighted by atomic mass is 10.1. The topological polar surface area (TPSA) is 42.2 Å². The number of aromatic nitrogens is 1. The van der Waals surface area contributed by atoms with Crippen LogP contribution >= 0.6 is 11.3 Å². The first-order chi connectivity index (χ1) is 11.1. The second-order valence-corrected chi connectivity index (χ2v) is 7.98. The number of nitrogens with zero attached hydrogens (tertiary/aromatic N) is 3. The van der Waals surface area contributed by atoms with Crippen LogP contribution < -0.4 is 5.73 Å². The van der Waals surface area contributed by atoms with Gasteiger partial charge in [-0.1, -0.05) is 6.07 Å². The van der Waals surface area contributed by atoms with Gasteiger partial charge in [-0.3, -0.25) is 4.90 Å². The number of fused-ring (bicyclic) bond motifs is 1. The summed E-state index contributed by atoms with van der Waals surface area (Å²) in [6.07, 6.45) is 1.15. The summed E-state index contributed by atoms with van der Waals surface area (Å²) in [7, 11) is 0. The third kappa shape index (κ3) is 3.91. The molecule has 1 saturated heterocycles. The van der Waals surface area contributed by atoms with Crippen LogP contribution in [0.2, 0.25) is 0 Å². The molecule has 1 fully saturated rings. The number of hydrogen-bond acceptors (Lipinski definition) is 4.